The second-order valence-corrected chi connectivity index (χ2v) is 6.32. The number of rotatable bonds is 5. The molecule has 21 heavy (non-hydrogen) atoms. The minimum Gasteiger partial charge on any atom is -0.326 e. The molecule has 3 N–H and O–H groups in total. The molecule has 0 saturated heterocycles. The van der Waals surface area contributed by atoms with Crippen molar-refractivity contribution in [2.24, 2.45) is 11.7 Å². The third-order valence-electron chi connectivity index (χ3n) is 4.03. The molecule has 0 unspecified atom stereocenters. The molecule has 4 heteroatoms. The van der Waals surface area contributed by atoms with Gasteiger partial charge in [-0.15, -0.1) is 0 Å². The first-order valence-corrected chi connectivity index (χ1v) is 7.96. The molecule has 0 bridgehead atoms. The number of carbonyl (C=O) groups excluding carboxylic acids is 1. The molecule has 116 valence electrons. The maximum atomic E-state index is 12.6. The summed E-state index contributed by atoms with van der Waals surface area (Å²) in [4.78, 5) is 14.6. The van der Waals surface area contributed by atoms with Crippen molar-refractivity contribution in [3.8, 4) is 0 Å². The van der Waals surface area contributed by atoms with Gasteiger partial charge in [0.05, 0.1) is 0 Å². The Kier molecular flexibility index (Phi) is 5.62. The summed E-state index contributed by atoms with van der Waals surface area (Å²) in [6, 6.07) is 8.17. The van der Waals surface area contributed by atoms with Crippen LogP contribution in [0.3, 0.4) is 0 Å². The van der Waals surface area contributed by atoms with Gasteiger partial charge in [0.2, 0.25) is 0 Å². The summed E-state index contributed by atoms with van der Waals surface area (Å²) in [6.07, 6.45) is 4.73. The van der Waals surface area contributed by atoms with Crippen molar-refractivity contribution in [2.45, 2.75) is 52.1 Å². The van der Waals surface area contributed by atoms with Crippen LogP contribution in [0.4, 0.5) is 10.5 Å². The predicted octanol–water partition coefficient (Wildman–Crippen LogP) is 3.58. The average Bonchev–Trinajstić information content (AvgIpc) is 2.99. The standard InChI is InChI=1S/C17H27N3O/c1-13(2)12-20(16-5-3-4-6-16)17(21)19-15-9-7-14(11-18)8-10-15/h7-10,13,16H,3-6,11-12,18H2,1-2H3,(H,19,21). The summed E-state index contributed by atoms with van der Waals surface area (Å²) >= 11 is 0. The number of nitrogens with two attached hydrogens (primary N) is 1. The summed E-state index contributed by atoms with van der Waals surface area (Å²) in [7, 11) is 0. The van der Waals surface area contributed by atoms with Gasteiger partial charge in [0.15, 0.2) is 0 Å². The van der Waals surface area contributed by atoms with Crippen LogP contribution < -0.4 is 11.1 Å². The quantitative estimate of drug-likeness (QED) is 0.870. The van der Waals surface area contributed by atoms with Crippen molar-refractivity contribution >= 4 is 11.7 Å². The summed E-state index contributed by atoms with van der Waals surface area (Å²) in [5.74, 6) is 0.482. The van der Waals surface area contributed by atoms with Gasteiger partial charge in [-0.1, -0.05) is 38.8 Å². The van der Waals surface area contributed by atoms with E-state index in [1.807, 2.05) is 29.2 Å². The van der Waals surface area contributed by atoms with E-state index in [-0.39, 0.29) is 6.03 Å². The molecule has 1 fully saturated rings. The van der Waals surface area contributed by atoms with Crippen LogP contribution in [0.15, 0.2) is 24.3 Å². The average molecular weight is 289 g/mol. The second kappa shape index (κ2) is 7.46. The van der Waals surface area contributed by atoms with E-state index in [2.05, 4.69) is 19.2 Å². The number of carbonyl (C=O) groups is 1. The maximum absolute atomic E-state index is 12.6. The van der Waals surface area contributed by atoms with Crippen LogP contribution >= 0.6 is 0 Å². The Balaban J connectivity index is 2.02. The van der Waals surface area contributed by atoms with E-state index in [0.29, 0.717) is 18.5 Å². The molecule has 1 aliphatic carbocycles. The molecule has 0 aromatic heterocycles. The molecule has 2 amide bonds. The number of amides is 2. The van der Waals surface area contributed by atoms with Gasteiger partial charge in [-0.05, 0) is 36.5 Å². The topological polar surface area (TPSA) is 58.4 Å². The Bertz CT molecular complexity index is 450. The lowest BCUT2D eigenvalue weighted by molar-refractivity contribution is 0.179. The van der Waals surface area contributed by atoms with Gasteiger partial charge in [0, 0.05) is 24.8 Å². The number of urea groups is 1. The zero-order chi connectivity index (χ0) is 15.2. The molecule has 1 saturated carbocycles. The summed E-state index contributed by atoms with van der Waals surface area (Å²) in [5, 5.41) is 3.02. The van der Waals surface area contributed by atoms with Crippen molar-refractivity contribution in [3.63, 3.8) is 0 Å². The lowest BCUT2D eigenvalue weighted by Crippen LogP contribution is -2.43. The first kappa shape index (κ1) is 15.8. The van der Waals surface area contributed by atoms with E-state index in [4.69, 9.17) is 5.73 Å². The van der Waals surface area contributed by atoms with E-state index in [9.17, 15) is 4.79 Å². The molecular weight excluding hydrogens is 262 g/mol. The lowest BCUT2D eigenvalue weighted by atomic mass is 10.1. The highest BCUT2D eigenvalue weighted by Gasteiger charge is 2.27. The van der Waals surface area contributed by atoms with Crippen LogP contribution in [0, 0.1) is 5.92 Å². The summed E-state index contributed by atoms with van der Waals surface area (Å²) < 4.78 is 0. The highest BCUT2D eigenvalue weighted by molar-refractivity contribution is 5.89. The molecule has 0 atom stereocenters. The van der Waals surface area contributed by atoms with Crippen molar-refractivity contribution in [3.05, 3.63) is 29.8 Å². The molecule has 1 aromatic rings. The summed E-state index contributed by atoms with van der Waals surface area (Å²) in [5.41, 5.74) is 7.50. The van der Waals surface area contributed by atoms with Gasteiger partial charge in [-0.2, -0.15) is 0 Å². The van der Waals surface area contributed by atoms with Crippen molar-refractivity contribution in [1.82, 2.24) is 4.90 Å². The summed E-state index contributed by atoms with van der Waals surface area (Å²) in [6.45, 7) is 5.66. The van der Waals surface area contributed by atoms with Gasteiger partial charge in [0.1, 0.15) is 0 Å². The van der Waals surface area contributed by atoms with Gasteiger partial charge in [0.25, 0.3) is 0 Å². The zero-order valence-corrected chi connectivity index (χ0v) is 13.1. The minimum absolute atomic E-state index is 0.0242. The first-order valence-electron chi connectivity index (χ1n) is 7.96. The molecule has 2 rings (SSSR count). The number of benzene rings is 1. The molecule has 0 spiro atoms. The van der Waals surface area contributed by atoms with Crippen LogP contribution in [0.5, 0.6) is 0 Å². The Morgan fingerprint density at radius 3 is 2.43 bits per heavy atom. The molecule has 0 radical (unpaired) electrons. The number of nitrogens with one attached hydrogen (secondary N) is 1. The second-order valence-electron chi connectivity index (χ2n) is 6.32. The van der Waals surface area contributed by atoms with Crippen LogP contribution in [0.1, 0.15) is 45.1 Å². The SMILES string of the molecule is CC(C)CN(C(=O)Nc1ccc(CN)cc1)C1CCCC1. The third-order valence-corrected chi connectivity index (χ3v) is 4.03. The van der Waals surface area contributed by atoms with Gasteiger partial charge >= 0.3 is 6.03 Å². The molecule has 4 nitrogen and oxygen atoms in total. The minimum atomic E-state index is 0.0242. The Morgan fingerprint density at radius 2 is 1.90 bits per heavy atom. The van der Waals surface area contributed by atoms with Crippen LogP contribution in [-0.2, 0) is 6.54 Å². The van der Waals surface area contributed by atoms with E-state index >= 15 is 0 Å². The van der Waals surface area contributed by atoms with Gasteiger partial charge in [-0.3, -0.25) is 0 Å². The number of anilines is 1. The van der Waals surface area contributed by atoms with E-state index in [0.717, 1.165) is 30.6 Å². The number of nitrogens with zero attached hydrogens (tertiary/aromatic N) is 1. The molecule has 1 aliphatic rings. The maximum Gasteiger partial charge on any atom is 0.322 e. The van der Waals surface area contributed by atoms with E-state index < -0.39 is 0 Å². The van der Waals surface area contributed by atoms with Crippen LogP contribution in [0.2, 0.25) is 0 Å². The lowest BCUT2D eigenvalue weighted by Gasteiger charge is -2.30. The smallest absolute Gasteiger partial charge is 0.322 e. The molecule has 0 aliphatic heterocycles. The van der Waals surface area contributed by atoms with Crippen LogP contribution in [0.25, 0.3) is 0 Å². The number of hydrogen-bond donors (Lipinski definition) is 2. The third kappa shape index (κ3) is 4.46. The molecular formula is C17H27N3O. The zero-order valence-electron chi connectivity index (χ0n) is 13.1. The monoisotopic (exact) mass is 289 g/mol. The highest BCUT2D eigenvalue weighted by atomic mass is 16.2. The molecule has 1 aromatic carbocycles. The predicted molar refractivity (Wildman–Crippen MR) is 87.2 cm³/mol. The van der Waals surface area contributed by atoms with E-state index in [1.165, 1.54) is 12.8 Å². The Morgan fingerprint density at radius 1 is 1.29 bits per heavy atom. The van der Waals surface area contributed by atoms with Crippen LogP contribution in [-0.4, -0.2) is 23.5 Å². The van der Waals surface area contributed by atoms with Gasteiger partial charge in [-0.25, -0.2) is 4.79 Å². The Hall–Kier alpha value is -1.55. The van der Waals surface area contributed by atoms with Crippen molar-refractivity contribution in [2.75, 3.05) is 11.9 Å². The highest BCUT2D eigenvalue weighted by Crippen LogP contribution is 2.25. The fourth-order valence-electron chi connectivity index (χ4n) is 2.93. The van der Waals surface area contributed by atoms with Crippen molar-refractivity contribution in [1.29, 1.82) is 0 Å². The fourth-order valence-corrected chi connectivity index (χ4v) is 2.93. The first-order chi connectivity index (χ1) is 10.1. The van der Waals surface area contributed by atoms with E-state index in [1.54, 1.807) is 0 Å². The largest absolute Gasteiger partial charge is 0.326 e. The number of hydrogen-bond acceptors (Lipinski definition) is 2. The van der Waals surface area contributed by atoms with Crippen molar-refractivity contribution < 1.29 is 4.79 Å². The Labute approximate surface area is 127 Å². The fraction of sp³-hybridized carbons (Fsp3) is 0.588. The normalized spacial score (nSPS) is 15.4. The van der Waals surface area contributed by atoms with Gasteiger partial charge < -0.3 is 16.0 Å². The molecule has 0 heterocycles.